The molecule has 2 amide bonds. The van der Waals surface area contributed by atoms with E-state index in [0.717, 1.165) is 16.5 Å². The van der Waals surface area contributed by atoms with E-state index in [-0.39, 0.29) is 6.03 Å². The maximum atomic E-state index is 12.2. The number of urea groups is 1. The van der Waals surface area contributed by atoms with Gasteiger partial charge in [0, 0.05) is 17.6 Å². The fourth-order valence-electron chi connectivity index (χ4n) is 2.54. The van der Waals surface area contributed by atoms with Crippen molar-refractivity contribution >= 4 is 27.9 Å². The van der Waals surface area contributed by atoms with Gasteiger partial charge in [-0.15, -0.1) is 0 Å². The summed E-state index contributed by atoms with van der Waals surface area (Å²) in [5.41, 5.74) is 0.968. The molecule has 0 bridgehead atoms. The van der Waals surface area contributed by atoms with Crippen molar-refractivity contribution in [3.63, 3.8) is 0 Å². The van der Waals surface area contributed by atoms with Crippen molar-refractivity contribution in [3.05, 3.63) is 34.3 Å². The number of piperidine rings is 1. The zero-order valence-electron chi connectivity index (χ0n) is 11.9. The van der Waals surface area contributed by atoms with Crippen molar-refractivity contribution in [2.24, 2.45) is 5.92 Å². The lowest BCUT2D eigenvalue weighted by molar-refractivity contribution is -0.143. The predicted octanol–water partition coefficient (Wildman–Crippen LogP) is 2.84. The van der Waals surface area contributed by atoms with Crippen LogP contribution in [-0.2, 0) is 11.3 Å². The zero-order valence-corrected chi connectivity index (χ0v) is 13.5. The number of carboxylic acids is 1. The average Bonchev–Trinajstić information content (AvgIpc) is 2.44. The molecule has 0 saturated carbocycles. The first-order valence-corrected chi connectivity index (χ1v) is 7.78. The number of halogens is 1. The third-order valence-electron chi connectivity index (χ3n) is 3.74. The number of amides is 2. The minimum absolute atomic E-state index is 0.311. The quantitative estimate of drug-likeness (QED) is 0.876. The molecule has 114 valence electrons. The minimum atomic E-state index is -0.931. The minimum Gasteiger partial charge on any atom is -0.480 e. The van der Waals surface area contributed by atoms with Crippen LogP contribution in [0.25, 0.3) is 0 Å². The SMILES string of the molecule is CC1CCN(C(=O)NCc2cccc(Br)c2)C(C(=O)O)C1. The second-order valence-electron chi connectivity index (χ2n) is 5.47. The molecule has 21 heavy (non-hydrogen) atoms. The number of hydrogen-bond acceptors (Lipinski definition) is 2. The van der Waals surface area contributed by atoms with Gasteiger partial charge in [-0.1, -0.05) is 35.0 Å². The normalized spacial score (nSPS) is 21.9. The summed E-state index contributed by atoms with van der Waals surface area (Å²) in [5.74, 6) is -0.598. The highest BCUT2D eigenvalue weighted by Gasteiger charge is 2.34. The summed E-state index contributed by atoms with van der Waals surface area (Å²) in [7, 11) is 0. The number of carbonyl (C=O) groups is 2. The van der Waals surface area contributed by atoms with Crippen LogP contribution in [0.4, 0.5) is 4.79 Å². The van der Waals surface area contributed by atoms with Crippen molar-refractivity contribution in [3.8, 4) is 0 Å². The third-order valence-corrected chi connectivity index (χ3v) is 4.24. The second-order valence-corrected chi connectivity index (χ2v) is 6.38. The number of nitrogens with one attached hydrogen (secondary N) is 1. The van der Waals surface area contributed by atoms with E-state index in [0.29, 0.717) is 25.4 Å². The van der Waals surface area contributed by atoms with Gasteiger partial charge >= 0.3 is 12.0 Å². The van der Waals surface area contributed by atoms with Crippen LogP contribution in [0.15, 0.2) is 28.7 Å². The van der Waals surface area contributed by atoms with Gasteiger partial charge in [0.05, 0.1) is 0 Å². The molecular weight excluding hydrogens is 336 g/mol. The summed E-state index contributed by atoms with van der Waals surface area (Å²) in [4.78, 5) is 25.0. The lowest BCUT2D eigenvalue weighted by atomic mass is 9.93. The lowest BCUT2D eigenvalue weighted by Crippen LogP contribution is -2.53. The van der Waals surface area contributed by atoms with Gasteiger partial charge in [0.2, 0.25) is 0 Å². The molecule has 1 aliphatic rings. The molecule has 0 radical (unpaired) electrons. The molecule has 2 atom stereocenters. The number of aliphatic carboxylic acids is 1. The summed E-state index contributed by atoms with van der Waals surface area (Å²) < 4.78 is 0.949. The van der Waals surface area contributed by atoms with Gasteiger partial charge in [-0.05, 0) is 36.5 Å². The van der Waals surface area contributed by atoms with E-state index in [1.54, 1.807) is 0 Å². The number of rotatable bonds is 3. The van der Waals surface area contributed by atoms with Crippen molar-refractivity contribution in [2.75, 3.05) is 6.54 Å². The van der Waals surface area contributed by atoms with Crippen LogP contribution in [0.2, 0.25) is 0 Å². The molecule has 0 spiro atoms. The van der Waals surface area contributed by atoms with E-state index in [4.69, 9.17) is 0 Å². The Morgan fingerprint density at radius 1 is 1.48 bits per heavy atom. The summed E-state index contributed by atoms with van der Waals surface area (Å²) in [6.45, 7) is 2.89. The highest BCUT2D eigenvalue weighted by molar-refractivity contribution is 9.10. The van der Waals surface area contributed by atoms with Gasteiger partial charge < -0.3 is 15.3 Å². The molecule has 0 aliphatic carbocycles. The highest BCUT2D eigenvalue weighted by Crippen LogP contribution is 2.22. The molecule has 2 N–H and O–H groups in total. The van der Waals surface area contributed by atoms with Crippen LogP contribution < -0.4 is 5.32 Å². The van der Waals surface area contributed by atoms with Crippen LogP contribution in [0.3, 0.4) is 0 Å². The highest BCUT2D eigenvalue weighted by atomic mass is 79.9. The predicted molar refractivity (Wildman–Crippen MR) is 82.9 cm³/mol. The molecule has 2 rings (SSSR count). The van der Waals surface area contributed by atoms with Crippen LogP contribution in [0.5, 0.6) is 0 Å². The molecule has 6 heteroatoms. The number of benzene rings is 1. The summed E-state index contributed by atoms with van der Waals surface area (Å²) in [6, 6.07) is 6.61. The van der Waals surface area contributed by atoms with Crippen LogP contribution in [-0.4, -0.2) is 34.6 Å². The molecule has 5 nitrogen and oxygen atoms in total. The molecule has 1 heterocycles. The van der Waals surface area contributed by atoms with E-state index in [1.807, 2.05) is 31.2 Å². The molecule has 1 aromatic rings. The number of nitrogens with zero attached hydrogens (tertiary/aromatic N) is 1. The van der Waals surface area contributed by atoms with Crippen molar-refractivity contribution in [2.45, 2.75) is 32.4 Å². The Hall–Kier alpha value is -1.56. The molecule has 1 saturated heterocycles. The van der Waals surface area contributed by atoms with E-state index >= 15 is 0 Å². The fourth-order valence-corrected chi connectivity index (χ4v) is 2.99. The van der Waals surface area contributed by atoms with Crippen molar-refractivity contribution in [1.29, 1.82) is 0 Å². The van der Waals surface area contributed by atoms with Crippen LogP contribution >= 0.6 is 15.9 Å². The summed E-state index contributed by atoms with van der Waals surface area (Å²) >= 11 is 3.38. The van der Waals surface area contributed by atoms with Gasteiger partial charge in [-0.3, -0.25) is 0 Å². The topological polar surface area (TPSA) is 69.6 Å². The Morgan fingerprint density at radius 2 is 2.24 bits per heavy atom. The summed E-state index contributed by atoms with van der Waals surface area (Å²) in [6.07, 6.45) is 1.35. The fraction of sp³-hybridized carbons (Fsp3) is 0.467. The first-order chi connectivity index (χ1) is 9.97. The van der Waals surface area contributed by atoms with Crippen LogP contribution in [0.1, 0.15) is 25.3 Å². The first-order valence-electron chi connectivity index (χ1n) is 6.99. The first kappa shape index (κ1) is 15.8. The van der Waals surface area contributed by atoms with Gasteiger partial charge in [0.15, 0.2) is 0 Å². The molecule has 1 aliphatic heterocycles. The average molecular weight is 355 g/mol. The second kappa shape index (κ2) is 6.93. The monoisotopic (exact) mass is 354 g/mol. The smallest absolute Gasteiger partial charge is 0.326 e. The maximum absolute atomic E-state index is 12.2. The van der Waals surface area contributed by atoms with Gasteiger partial charge in [0.1, 0.15) is 6.04 Å². The third kappa shape index (κ3) is 4.20. The van der Waals surface area contributed by atoms with E-state index in [9.17, 15) is 14.7 Å². The van der Waals surface area contributed by atoms with Crippen LogP contribution in [0, 0.1) is 5.92 Å². The molecule has 0 aromatic heterocycles. The standard InChI is InChI=1S/C15H19BrN2O3/c1-10-5-6-18(13(7-10)14(19)20)15(21)17-9-11-3-2-4-12(16)8-11/h2-4,8,10,13H,5-7,9H2,1H3,(H,17,21)(H,19,20). The zero-order chi connectivity index (χ0) is 15.4. The van der Waals surface area contributed by atoms with Crippen molar-refractivity contribution < 1.29 is 14.7 Å². The van der Waals surface area contributed by atoms with E-state index < -0.39 is 12.0 Å². The Morgan fingerprint density at radius 3 is 2.90 bits per heavy atom. The number of hydrogen-bond donors (Lipinski definition) is 2. The Labute approximate surface area is 132 Å². The Balaban J connectivity index is 1.97. The molecule has 2 unspecified atom stereocenters. The van der Waals surface area contributed by atoms with Gasteiger partial charge in [-0.2, -0.15) is 0 Å². The van der Waals surface area contributed by atoms with Gasteiger partial charge in [0.25, 0.3) is 0 Å². The Kier molecular flexibility index (Phi) is 5.22. The largest absolute Gasteiger partial charge is 0.480 e. The summed E-state index contributed by atoms with van der Waals surface area (Å²) in [5, 5.41) is 12.1. The van der Waals surface area contributed by atoms with E-state index in [1.165, 1.54) is 4.90 Å². The molecule has 1 aromatic carbocycles. The van der Waals surface area contributed by atoms with E-state index in [2.05, 4.69) is 21.2 Å². The Bertz CT molecular complexity index is 535. The molecule has 1 fully saturated rings. The number of likely N-dealkylation sites (tertiary alicyclic amines) is 1. The van der Waals surface area contributed by atoms with Gasteiger partial charge in [-0.25, -0.2) is 9.59 Å². The number of carbonyl (C=O) groups excluding carboxylic acids is 1. The number of carboxylic acid groups (broad SMARTS) is 1. The maximum Gasteiger partial charge on any atom is 0.326 e. The molecular formula is C15H19BrN2O3. The lowest BCUT2D eigenvalue weighted by Gasteiger charge is -2.35. The van der Waals surface area contributed by atoms with Crippen molar-refractivity contribution in [1.82, 2.24) is 10.2 Å².